The van der Waals surface area contributed by atoms with E-state index in [4.69, 9.17) is 10.5 Å². The number of esters is 1. The van der Waals surface area contributed by atoms with Crippen LogP contribution in [0.4, 0.5) is 5.82 Å². The summed E-state index contributed by atoms with van der Waals surface area (Å²) < 4.78 is 4.98. The molecule has 0 unspecified atom stereocenters. The molecule has 7 nitrogen and oxygen atoms in total. The lowest BCUT2D eigenvalue weighted by Crippen LogP contribution is -2.10. The van der Waals surface area contributed by atoms with E-state index in [0.717, 1.165) is 28.9 Å². The number of nitrogen functional groups attached to an aromatic ring is 1. The van der Waals surface area contributed by atoms with Gasteiger partial charge in [-0.3, -0.25) is 10.2 Å². The van der Waals surface area contributed by atoms with E-state index in [1.54, 1.807) is 6.92 Å². The molecule has 0 spiro atoms. The summed E-state index contributed by atoms with van der Waals surface area (Å²) in [5, 5.41) is 13.8. The van der Waals surface area contributed by atoms with Crippen molar-refractivity contribution in [2.24, 2.45) is 0 Å². The first kappa shape index (κ1) is 10.8. The highest BCUT2D eigenvalue weighted by atomic mass is 16.5. The average Bonchev–Trinajstić information content (AvgIpc) is 2.93. The number of aryl methyl sites for hydroxylation is 1. The number of hydrogen-bond donors (Lipinski definition) is 3. The molecule has 0 bridgehead atoms. The number of rotatable bonds is 2. The van der Waals surface area contributed by atoms with Crippen molar-refractivity contribution in [1.82, 2.24) is 20.4 Å². The van der Waals surface area contributed by atoms with Crippen molar-refractivity contribution in [3.05, 3.63) is 17.0 Å². The van der Waals surface area contributed by atoms with Gasteiger partial charge in [-0.05, 0) is 19.8 Å². The molecule has 0 aliphatic heterocycles. The lowest BCUT2D eigenvalue weighted by Gasteiger charge is -2.11. The molecule has 1 aliphatic rings. The van der Waals surface area contributed by atoms with Crippen LogP contribution in [0, 0.1) is 0 Å². The third kappa shape index (κ3) is 1.40. The summed E-state index contributed by atoms with van der Waals surface area (Å²) in [7, 11) is 0. The Labute approximate surface area is 103 Å². The Kier molecular flexibility index (Phi) is 2.32. The molecule has 0 saturated heterocycles. The zero-order valence-electron chi connectivity index (χ0n) is 9.91. The molecule has 2 heterocycles. The third-order valence-electron chi connectivity index (χ3n) is 3.08. The zero-order valence-corrected chi connectivity index (χ0v) is 9.91. The summed E-state index contributed by atoms with van der Waals surface area (Å²) in [5.41, 5.74) is 9.57. The smallest absolute Gasteiger partial charge is 0.359 e. The van der Waals surface area contributed by atoms with Crippen LogP contribution in [0.5, 0.6) is 0 Å². The van der Waals surface area contributed by atoms with Crippen LogP contribution in [0.25, 0.3) is 11.3 Å². The van der Waals surface area contributed by atoms with Gasteiger partial charge in [0.15, 0.2) is 11.5 Å². The Bertz CT molecular complexity index is 613. The Hall–Kier alpha value is -2.31. The lowest BCUT2D eigenvalue weighted by molar-refractivity contribution is 0.0518. The highest BCUT2D eigenvalue weighted by Gasteiger charge is 2.28. The fourth-order valence-corrected chi connectivity index (χ4v) is 2.29. The van der Waals surface area contributed by atoms with E-state index in [-0.39, 0.29) is 0 Å². The first-order valence-corrected chi connectivity index (χ1v) is 5.79. The van der Waals surface area contributed by atoms with Crippen molar-refractivity contribution in [2.45, 2.75) is 19.8 Å². The Morgan fingerprint density at radius 1 is 1.39 bits per heavy atom. The van der Waals surface area contributed by atoms with Crippen molar-refractivity contribution in [2.75, 3.05) is 12.3 Å². The number of aromatic amines is 2. The number of fused-ring (bicyclic) bond motifs is 3. The molecule has 94 valence electrons. The molecule has 0 aromatic carbocycles. The normalized spacial score (nSPS) is 12.9. The van der Waals surface area contributed by atoms with Crippen LogP contribution in [-0.4, -0.2) is 33.0 Å². The zero-order chi connectivity index (χ0) is 12.7. The van der Waals surface area contributed by atoms with Crippen molar-refractivity contribution < 1.29 is 9.53 Å². The van der Waals surface area contributed by atoms with E-state index >= 15 is 0 Å². The molecule has 4 N–H and O–H groups in total. The fourth-order valence-electron chi connectivity index (χ4n) is 2.29. The van der Waals surface area contributed by atoms with E-state index in [1.807, 2.05) is 0 Å². The second-order valence-electron chi connectivity index (χ2n) is 4.11. The lowest BCUT2D eigenvalue weighted by atomic mass is 9.93. The molecule has 2 aromatic heterocycles. The molecule has 1 aliphatic carbocycles. The second kappa shape index (κ2) is 3.86. The second-order valence-corrected chi connectivity index (χ2v) is 4.11. The van der Waals surface area contributed by atoms with Gasteiger partial charge in [-0.2, -0.15) is 10.2 Å². The van der Waals surface area contributed by atoms with Gasteiger partial charge in [-0.15, -0.1) is 0 Å². The molecule has 0 atom stereocenters. The molecule has 18 heavy (non-hydrogen) atoms. The van der Waals surface area contributed by atoms with Gasteiger partial charge < -0.3 is 10.5 Å². The topological polar surface area (TPSA) is 110 Å². The van der Waals surface area contributed by atoms with Crippen molar-refractivity contribution in [3.63, 3.8) is 0 Å². The minimum atomic E-state index is -0.402. The SMILES string of the molecule is CCOC(=O)c1n[nH]c2c1CCc1[nH]nc(N)c1-2. The molecular formula is C11H13N5O2. The maximum atomic E-state index is 11.8. The quantitative estimate of drug-likeness (QED) is 0.675. The number of H-pyrrole nitrogens is 2. The Morgan fingerprint density at radius 2 is 2.22 bits per heavy atom. The van der Waals surface area contributed by atoms with Gasteiger partial charge in [0.25, 0.3) is 0 Å². The standard InChI is InChI=1S/C11H13N5O2/c1-2-18-11(17)9-5-3-4-6-7(8(5)14-15-9)10(12)16-13-6/h2-4H2,1H3,(H,14,15)(H3,12,13,16). The van der Waals surface area contributed by atoms with Crippen LogP contribution in [0.1, 0.15) is 28.7 Å². The molecule has 2 aromatic rings. The Balaban J connectivity index is 2.09. The Morgan fingerprint density at radius 3 is 3.00 bits per heavy atom. The van der Waals surface area contributed by atoms with E-state index < -0.39 is 5.97 Å². The van der Waals surface area contributed by atoms with Crippen LogP contribution in [-0.2, 0) is 17.6 Å². The maximum absolute atomic E-state index is 11.8. The molecule has 0 saturated carbocycles. The van der Waals surface area contributed by atoms with Gasteiger partial charge in [0, 0.05) is 11.3 Å². The third-order valence-corrected chi connectivity index (χ3v) is 3.08. The van der Waals surface area contributed by atoms with E-state index in [0.29, 0.717) is 24.5 Å². The predicted octanol–water partition coefficient (Wildman–Crippen LogP) is 0.657. The van der Waals surface area contributed by atoms with Gasteiger partial charge in [-0.1, -0.05) is 0 Å². The van der Waals surface area contributed by atoms with E-state index in [2.05, 4.69) is 20.4 Å². The highest BCUT2D eigenvalue weighted by molar-refractivity contribution is 5.92. The predicted molar refractivity (Wildman–Crippen MR) is 63.9 cm³/mol. The minimum Gasteiger partial charge on any atom is -0.461 e. The molecular weight excluding hydrogens is 234 g/mol. The molecule has 0 fully saturated rings. The summed E-state index contributed by atoms with van der Waals surface area (Å²) in [4.78, 5) is 11.8. The fraction of sp³-hybridized carbons (Fsp3) is 0.364. The van der Waals surface area contributed by atoms with Gasteiger partial charge in [0.1, 0.15) is 0 Å². The van der Waals surface area contributed by atoms with Crippen molar-refractivity contribution in [1.29, 1.82) is 0 Å². The number of aromatic nitrogens is 4. The van der Waals surface area contributed by atoms with Gasteiger partial charge in [0.05, 0.1) is 17.9 Å². The van der Waals surface area contributed by atoms with Crippen molar-refractivity contribution >= 4 is 11.8 Å². The van der Waals surface area contributed by atoms with Gasteiger partial charge in [-0.25, -0.2) is 4.79 Å². The van der Waals surface area contributed by atoms with Gasteiger partial charge >= 0.3 is 5.97 Å². The highest BCUT2D eigenvalue weighted by Crippen LogP contribution is 2.35. The minimum absolute atomic E-state index is 0.333. The van der Waals surface area contributed by atoms with E-state index in [1.165, 1.54) is 0 Å². The number of hydrogen-bond acceptors (Lipinski definition) is 5. The molecule has 0 radical (unpaired) electrons. The number of nitrogens with one attached hydrogen (secondary N) is 2. The summed E-state index contributed by atoms with van der Waals surface area (Å²) >= 11 is 0. The number of carbonyl (C=O) groups is 1. The van der Waals surface area contributed by atoms with Gasteiger partial charge in [0.2, 0.25) is 0 Å². The molecule has 0 amide bonds. The molecule has 3 rings (SSSR count). The number of nitrogens with two attached hydrogens (primary N) is 1. The molecule has 7 heteroatoms. The monoisotopic (exact) mass is 247 g/mol. The largest absolute Gasteiger partial charge is 0.461 e. The van der Waals surface area contributed by atoms with Crippen LogP contribution in [0.15, 0.2) is 0 Å². The van der Waals surface area contributed by atoms with E-state index in [9.17, 15) is 4.79 Å². The first-order valence-electron chi connectivity index (χ1n) is 5.79. The summed E-state index contributed by atoms with van der Waals surface area (Å²) in [6.45, 7) is 2.10. The van der Waals surface area contributed by atoms with Crippen LogP contribution in [0.3, 0.4) is 0 Å². The number of anilines is 1. The van der Waals surface area contributed by atoms with Crippen LogP contribution < -0.4 is 5.73 Å². The number of ether oxygens (including phenoxy) is 1. The maximum Gasteiger partial charge on any atom is 0.359 e. The summed E-state index contributed by atoms with van der Waals surface area (Å²) in [6.07, 6.45) is 1.48. The van der Waals surface area contributed by atoms with Crippen LogP contribution in [0.2, 0.25) is 0 Å². The number of carbonyl (C=O) groups excluding carboxylic acids is 1. The first-order chi connectivity index (χ1) is 8.72. The summed E-state index contributed by atoms with van der Waals surface area (Å²) in [6, 6.07) is 0. The number of nitrogens with zero attached hydrogens (tertiary/aromatic N) is 2. The average molecular weight is 247 g/mol. The van der Waals surface area contributed by atoms with Crippen molar-refractivity contribution in [3.8, 4) is 11.3 Å². The van der Waals surface area contributed by atoms with Crippen LogP contribution >= 0.6 is 0 Å². The summed E-state index contributed by atoms with van der Waals surface area (Å²) in [5.74, 6) is 0.0190.